The minimum Gasteiger partial charge on any atom is -0.179 e. The molecule has 8 heteroatoms. The molecular formula is C34H60S8. The summed E-state index contributed by atoms with van der Waals surface area (Å²) in [6, 6.07) is 0. The zero-order valence-corrected chi connectivity index (χ0v) is 33.4. The van der Waals surface area contributed by atoms with E-state index in [1.165, 1.54) is 153 Å². The highest BCUT2D eigenvalue weighted by Gasteiger charge is 2.29. The Balaban J connectivity index is 1.57. The summed E-state index contributed by atoms with van der Waals surface area (Å²) in [5.41, 5.74) is 0. The Morgan fingerprint density at radius 3 is 0.976 bits per heavy atom. The first-order valence-corrected chi connectivity index (χ1v) is 23.6. The predicted molar refractivity (Wildman–Crippen MR) is 217 cm³/mol. The standard InChI is InChI=1S/C34H60S8/c1-3-29-31(37-27-23-19-15-11-7-5-9-13-17-21-25-35)41-33(39-29)34-40-30(4-2)32(42-34)38-28-24-20-16-12-8-6-10-14-18-22-26-36/h35-36H,3-28H2,1-2H3/b34-33+. The maximum atomic E-state index is 4.31. The van der Waals surface area contributed by atoms with Crippen molar-refractivity contribution in [2.24, 2.45) is 0 Å². The van der Waals surface area contributed by atoms with Gasteiger partial charge in [0.1, 0.15) is 0 Å². The van der Waals surface area contributed by atoms with Crippen LogP contribution in [0, 0.1) is 0 Å². The molecule has 2 aliphatic heterocycles. The normalized spacial score (nSPS) is 17.4. The lowest BCUT2D eigenvalue weighted by Crippen LogP contribution is -1.84. The van der Waals surface area contributed by atoms with Crippen LogP contribution in [0.2, 0.25) is 0 Å². The summed E-state index contributed by atoms with van der Waals surface area (Å²) < 4.78 is 6.32. The van der Waals surface area contributed by atoms with Gasteiger partial charge in [-0.25, -0.2) is 0 Å². The summed E-state index contributed by atoms with van der Waals surface area (Å²) in [5.74, 6) is 4.68. The molecule has 0 aromatic carbocycles. The first-order chi connectivity index (χ1) is 20.7. The smallest absolute Gasteiger partial charge is 0.0708 e. The molecule has 0 N–H and O–H groups in total. The lowest BCUT2D eigenvalue weighted by molar-refractivity contribution is 0.564. The SMILES string of the molecule is CCC1=C(SCCCCCCCCCCCCS)S/C(=C2\SC(CC)=C(SCCCCCCCCCCCCS)S2)S1. The summed E-state index contributed by atoms with van der Waals surface area (Å²) in [6.07, 6.45) is 30.3. The summed E-state index contributed by atoms with van der Waals surface area (Å²) in [5, 5.41) is 0. The molecule has 0 atom stereocenters. The van der Waals surface area contributed by atoms with Crippen molar-refractivity contribution in [2.75, 3.05) is 23.0 Å². The predicted octanol–water partition coefficient (Wildman–Crippen LogP) is 15.4. The molecule has 0 aromatic heterocycles. The van der Waals surface area contributed by atoms with E-state index in [4.69, 9.17) is 0 Å². The molecule has 244 valence electrons. The number of thioether (sulfide) groups is 6. The van der Waals surface area contributed by atoms with Crippen molar-refractivity contribution in [3.8, 4) is 0 Å². The van der Waals surface area contributed by atoms with Gasteiger partial charge in [0.2, 0.25) is 0 Å². The molecule has 0 spiro atoms. The number of unbranched alkanes of at least 4 members (excludes halogenated alkanes) is 18. The number of rotatable bonds is 28. The molecule has 0 radical (unpaired) electrons. The third-order valence-corrected chi connectivity index (χ3v) is 17.4. The van der Waals surface area contributed by atoms with E-state index >= 15 is 0 Å². The minimum atomic E-state index is 1.05. The van der Waals surface area contributed by atoms with Crippen molar-refractivity contribution in [3.63, 3.8) is 0 Å². The molecule has 0 aromatic rings. The monoisotopic (exact) mass is 724 g/mol. The van der Waals surface area contributed by atoms with E-state index in [2.05, 4.69) is 110 Å². The van der Waals surface area contributed by atoms with Gasteiger partial charge in [0.25, 0.3) is 0 Å². The Morgan fingerprint density at radius 1 is 0.405 bits per heavy atom. The van der Waals surface area contributed by atoms with Crippen LogP contribution in [0.5, 0.6) is 0 Å². The number of hydrogen-bond donors (Lipinski definition) is 2. The second-order valence-corrected chi connectivity index (χ2v) is 19.7. The third kappa shape index (κ3) is 18.4. The first kappa shape index (κ1) is 40.2. The zero-order valence-electron chi connectivity index (χ0n) is 26.7. The molecule has 2 heterocycles. The molecule has 0 fully saturated rings. The van der Waals surface area contributed by atoms with Crippen molar-refractivity contribution in [2.45, 2.75) is 155 Å². The van der Waals surface area contributed by atoms with Gasteiger partial charge in [-0.15, -0.1) is 23.5 Å². The van der Waals surface area contributed by atoms with Crippen molar-refractivity contribution in [1.82, 2.24) is 0 Å². The van der Waals surface area contributed by atoms with Crippen LogP contribution in [0.3, 0.4) is 0 Å². The highest BCUT2D eigenvalue weighted by Crippen LogP contribution is 2.64. The Labute approximate surface area is 298 Å². The Morgan fingerprint density at radius 2 is 0.690 bits per heavy atom. The minimum absolute atomic E-state index is 1.05. The van der Waals surface area contributed by atoms with Crippen LogP contribution >= 0.6 is 95.8 Å². The van der Waals surface area contributed by atoms with Crippen LogP contribution in [0.1, 0.15) is 155 Å². The molecule has 0 saturated heterocycles. The lowest BCUT2D eigenvalue weighted by atomic mass is 10.1. The average Bonchev–Trinajstić information content (AvgIpc) is 3.62. The summed E-state index contributed by atoms with van der Waals surface area (Å²) in [6.45, 7) is 4.68. The quantitative estimate of drug-likeness (QED) is 0.0605. The van der Waals surface area contributed by atoms with E-state index < -0.39 is 0 Å². The van der Waals surface area contributed by atoms with E-state index in [9.17, 15) is 0 Å². The van der Waals surface area contributed by atoms with Gasteiger partial charge in [-0.3, -0.25) is 0 Å². The van der Waals surface area contributed by atoms with Gasteiger partial charge >= 0.3 is 0 Å². The molecule has 0 bridgehead atoms. The van der Waals surface area contributed by atoms with Gasteiger partial charge in [-0.05, 0) is 61.5 Å². The van der Waals surface area contributed by atoms with Gasteiger partial charge < -0.3 is 0 Å². The van der Waals surface area contributed by atoms with E-state index in [1.807, 2.05) is 0 Å². The van der Waals surface area contributed by atoms with E-state index in [0.29, 0.717) is 0 Å². The van der Waals surface area contributed by atoms with Gasteiger partial charge in [0, 0.05) is 9.81 Å². The Kier molecular flexibility index (Phi) is 26.9. The molecule has 0 amide bonds. The second kappa shape index (κ2) is 28.1. The highest BCUT2D eigenvalue weighted by molar-refractivity contribution is 8.40. The molecule has 42 heavy (non-hydrogen) atoms. The van der Waals surface area contributed by atoms with Crippen molar-refractivity contribution < 1.29 is 0 Å². The molecule has 0 aliphatic carbocycles. The average molecular weight is 725 g/mol. The number of thiol groups is 2. The lowest BCUT2D eigenvalue weighted by Gasteiger charge is -2.05. The maximum Gasteiger partial charge on any atom is 0.0708 e. The van der Waals surface area contributed by atoms with E-state index in [0.717, 1.165) is 11.5 Å². The highest BCUT2D eigenvalue weighted by atomic mass is 32.2. The van der Waals surface area contributed by atoms with Crippen molar-refractivity contribution in [3.05, 3.63) is 26.8 Å². The third-order valence-electron chi connectivity index (χ3n) is 7.64. The Bertz CT molecular complexity index is 724. The summed E-state index contributed by atoms with van der Waals surface area (Å²) in [7, 11) is 0. The Hall–Kier alpha value is 2.02. The first-order valence-electron chi connectivity index (χ1n) is 17.1. The molecule has 0 unspecified atom stereocenters. The summed E-state index contributed by atoms with van der Waals surface area (Å²) in [4.78, 5) is 3.23. The molecule has 0 nitrogen and oxygen atoms in total. The molecule has 2 aliphatic rings. The second-order valence-electron chi connectivity index (χ2n) is 11.3. The van der Waals surface area contributed by atoms with Gasteiger partial charge in [0.15, 0.2) is 0 Å². The van der Waals surface area contributed by atoms with E-state index in [1.54, 1.807) is 26.8 Å². The summed E-state index contributed by atoms with van der Waals surface area (Å²) >= 11 is 21.2. The maximum absolute atomic E-state index is 4.31. The number of hydrogen-bond acceptors (Lipinski definition) is 8. The zero-order chi connectivity index (χ0) is 30.1. The molecule has 0 saturated carbocycles. The van der Waals surface area contributed by atoms with Crippen LogP contribution in [0.4, 0.5) is 0 Å². The van der Waals surface area contributed by atoms with Gasteiger partial charge in [0.05, 0.1) is 16.9 Å². The van der Waals surface area contributed by atoms with Crippen LogP contribution in [-0.2, 0) is 0 Å². The fourth-order valence-corrected chi connectivity index (χ4v) is 14.6. The van der Waals surface area contributed by atoms with Crippen LogP contribution in [-0.4, -0.2) is 23.0 Å². The molecular weight excluding hydrogens is 665 g/mol. The number of allylic oxidation sites excluding steroid dienone is 2. The van der Waals surface area contributed by atoms with Crippen LogP contribution < -0.4 is 0 Å². The van der Waals surface area contributed by atoms with Crippen LogP contribution in [0.15, 0.2) is 26.8 Å². The molecule has 2 rings (SSSR count). The van der Waals surface area contributed by atoms with Gasteiger partial charge in [-0.2, -0.15) is 25.3 Å². The van der Waals surface area contributed by atoms with Crippen molar-refractivity contribution in [1.29, 1.82) is 0 Å². The topological polar surface area (TPSA) is 0 Å². The van der Waals surface area contributed by atoms with Crippen LogP contribution in [0.25, 0.3) is 0 Å². The fourth-order valence-electron chi connectivity index (χ4n) is 5.04. The van der Waals surface area contributed by atoms with E-state index in [-0.39, 0.29) is 0 Å². The largest absolute Gasteiger partial charge is 0.179 e. The fraction of sp³-hybridized carbons (Fsp3) is 0.824. The van der Waals surface area contributed by atoms with Crippen molar-refractivity contribution >= 4 is 95.8 Å². The van der Waals surface area contributed by atoms with Gasteiger partial charge in [-0.1, -0.05) is 164 Å².